The molecule has 7 heteroatoms. The average Bonchev–Trinajstić information content (AvgIpc) is 3.24. The Morgan fingerprint density at radius 2 is 1.82 bits per heavy atom. The summed E-state index contributed by atoms with van der Waals surface area (Å²) < 4.78 is 26.9. The lowest BCUT2D eigenvalue weighted by atomic mass is 9.98. The molecule has 1 aliphatic heterocycles. The predicted molar refractivity (Wildman–Crippen MR) is 111 cm³/mol. The van der Waals surface area contributed by atoms with Crippen LogP contribution in [0.25, 0.3) is 0 Å². The standard InChI is InChI=1S/C21H25ClN2O3S/c1-16(17-7-3-2-4-8-17)11-12-23-21(25)19-15-18(9-10-20(19)22)28(26,27)24-13-5-6-14-24/h2-4,7-10,15-16H,5-6,11-14H2,1H3,(H,23,25). The second kappa shape index (κ2) is 9.07. The summed E-state index contributed by atoms with van der Waals surface area (Å²) in [6.07, 6.45) is 2.50. The number of benzene rings is 2. The van der Waals surface area contributed by atoms with Crippen LogP contribution in [0.2, 0.25) is 5.02 Å². The maximum absolute atomic E-state index is 12.7. The molecule has 0 saturated carbocycles. The highest BCUT2D eigenvalue weighted by molar-refractivity contribution is 7.89. The zero-order valence-electron chi connectivity index (χ0n) is 15.9. The van der Waals surface area contributed by atoms with Gasteiger partial charge in [0.15, 0.2) is 0 Å². The summed E-state index contributed by atoms with van der Waals surface area (Å²) in [6.45, 7) is 3.62. The highest BCUT2D eigenvalue weighted by Crippen LogP contribution is 2.25. The van der Waals surface area contributed by atoms with Gasteiger partial charge in [0.25, 0.3) is 5.91 Å². The quantitative estimate of drug-likeness (QED) is 0.734. The summed E-state index contributed by atoms with van der Waals surface area (Å²) in [6, 6.07) is 14.4. The Labute approximate surface area is 171 Å². The molecule has 1 heterocycles. The Hall–Kier alpha value is -1.89. The van der Waals surface area contributed by atoms with E-state index in [1.54, 1.807) is 0 Å². The number of nitrogens with one attached hydrogen (secondary N) is 1. The van der Waals surface area contributed by atoms with Gasteiger partial charge in [0, 0.05) is 19.6 Å². The topological polar surface area (TPSA) is 66.5 Å². The number of carbonyl (C=O) groups is 1. The molecule has 5 nitrogen and oxygen atoms in total. The van der Waals surface area contributed by atoms with Crippen molar-refractivity contribution in [1.29, 1.82) is 0 Å². The van der Waals surface area contributed by atoms with Crippen LogP contribution >= 0.6 is 11.6 Å². The second-order valence-electron chi connectivity index (χ2n) is 7.11. The van der Waals surface area contributed by atoms with Gasteiger partial charge in [0.05, 0.1) is 15.5 Å². The van der Waals surface area contributed by atoms with Crippen molar-refractivity contribution < 1.29 is 13.2 Å². The number of nitrogens with zero attached hydrogens (tertiary/aromatic N) is 1. The summed E-state index contributed by atoms with van der Waals surface area (Å²) in [4.78, 5) is 12.7. The fraction of sp³-hybridized carbons (Fsp3) is 0.381. The van der Waals surface area contributed by atoms with Gasteiger partial charge >= 0.3 is 0 Å². The Bertz CT molecular complexity index is 926. The smallest absolute Gasteiger partial charge is 0.252 e. The van der Waals surface area contributed by atoms with E-state index in [0.29, 0.717) is 25.6 Å². The van der Waals surface area contributed by atoms with Crippen LogP contribution in [0.4, 0.5) is 0 Å². The Kier molecular flexibility index (Phi) is 6.75. The monoisotopic (exact) mass is 420 g/mol. The minimum Gasteiger partial charge on any atom is -0.352 e. The lowest BCUT2D eigenvalue weighted by Crippen LogP contribution is -2.29. The molecule has 3 rings (SSSR count). The molecular formula is C21H25ClN2O3S. The average molecular weight is 421 g/mol. The van der Waals surface area contributed by atoms with Crippen molar-refractivity contribution in [3.05, 3.63) is 64.7 Å². The minimum atomic E-state index is -3.59. The molecule has 0 spiro atoms. The molecular weight excluding hydrogens is 396 g/mol. The molecule has 1 unspecified atom stereocenters. The molecule has 2 aromatic carbocycles. The molecule has 1 fully saturated rings. The van der Waals surface area contributed by atoms with E-state index in [1.165, 1.54) is 28.1 Å². The van der Waals surface area contributed by atoms with E-state index in [-0.39, 0.29) is 21.4 Å². The van der Waals surface area contributed by atoms with Crippen LogP contribution < -0.4 is 5.32 Å². The van der Waals surface area contributed by atoms with Crippen molar-refractivity contribution in [3.8, 4) is 0 Å². The molecule has 1 aliphatic rings. The van der Waals surface area contributed by atoms with Crippen molar-refractivity contribution in [2.45, 2.75) is 37.0 Å². The Balaban J connectivity index is 1.66. The Morgan fingerprint density at radius 1 is 1.14 bits per heavy atom. The van der Waals surface area contributed by atoms with Crippen LogP contribution in [-0.2, 0) is 10.0 Å². The third kappa shape index (κ3) is 4.74. The van der Waals surface area contributed by atoms with E-state index in [2.05, 4.69) is 24.4 Å². The van der Waals surface area contributed by atoms with Gasteiger partial charge in [-0.3, -0.25) is 4.79 Å². The van der Waals surface area contributed by atoms with Gasteiger partial charge in [-0.25, -0.2) is 8.42 Å². The highest BCUT2D eigenvalue weighted by Gasteiger charge is 2.28. The number of carbonyl (C=O) groups excluding carboxylic acids is 1. The van der Waals surface area contributed by atoms with Crippen molar-refractivity contribution in [2.24, 2.45) is 0 Å². The summed E-state index contributed by atoms with van der Waals surface area (Å²) in [5, 5.41) is 3.10. The van der Waals surface area contributed by atoms with Gasteiger partial charge in [-0.1, -0.05) is 48.9 Å². The number of halogens is 1. The molecule has 1 atom stereocenters. The van der Waals surface area contributed by atoms with Crippen LogP contribution in [0.15, 0.2) is 53.4 Å². The molecule has 0 aromatic heterocycles. The minimum absolute atomic E-state index is 0.113. The summed E-state index contributed by atoms with van der Waals surface area (Å²) in [5.74, 6) is -0.0532. The molecule has 1 amide bonds. The van der Waals surface area contributed by atoms with E-state index in [9.17, 15) is 13.2 Å². The zero-order valence-corrected chi connectivity index (χ0v) is 17.5. The molecule has 0 aliphatic carbocycles. The largest absolute Gasteiger partial charge is 0.352 e. The molecule has 0 radical (unpaired) electrons. The van der Waals surface area contributed by atoms with E-state index >= 15 is 0 Å². The molecule has 0 bridgehead atoms. The van der Waals surface area contributed by atoms with E-state index in [1.807, 2.05) is 18.2 Å². The highest BCUT2D eigenvalue weighted by atomic mass is 35.5. The third-order valence-corrected chi connectivity index (χ3v) is 7.34. The van der Waals surface area contributed by atoms with Crippen LogP contribution in [-0.4, -0.2) is 38.3 Å². The van der Waals surface area contributed by atoms with Crippen molar-refractivity contribution in [2.75, 3.05) is 19.6 Å². The number of hydrogen-bond acceptors (Lipinski definition) is 3. The summed E-state index contributed by atoms with van der Waals surface area (Å²) >= 11 is 6.17. The summed E-state index contributed by atoms with van der Waals surface area (Å²) in [5.41, 5.74) is 1.41. The molecule has 28 heavy (non-hydrogen) atoms. The van der Waals surface area contributed by atoms with Gasteiger partial charge in [0.2, 0.25) is 10.0 Å². The van der Waals surface area contributed by atoms with E-state index < -0.39 is 10.0 Å². The van der Waals surface area contributed by atoms with E-state index in [4.69, 9.17) is 11.6 Å². The van der Waals surface area contributed by atoms with Gasteiger partial charge in [-0.05, 0) is 48.9 Å². The van der Waals surface area contributed by atoms with Crippen molar-refractivity contribution >= 4 is 27.5 Å². The first-order chi connectivity index (χ1) is 13.4. The molecule has 150 valence electrons. The zero-order chi connectivity index (χ0) is 20.1. The lowest BCUT2D eigenvalue weighted by molar-refractivity contribution is 0.0952. The van der Waals surface area contributed by atoms with Gasteiger partial charge in [-0.2, -0.15) is 4.31 Å². The van der Waals surface area contributed by atoms with Crippen LogP contribution in [0.3, 0.4) is 0 Å². The number of rotatable bonds is 7. The molecule has 2 aromatic rings. The van der Waals surface area contributed by atoms with Crippen LogP contribution in [0, 0.1) is 0 Å². The first-order valence-electron chi connectivity index (χ1n) is 9.52. The van der Waals surface area contributed by atoms with Crippen LogP contribution in [0.5, 0.6) is 0 Å². The normalized spacial score (nSPS) is 16.1. The fourth-order valence-electron chi connectivity index (χ4n) is 3.36. The maximum Gasteiger partial charge on any atom is 0.252 e. The SMILES string of the molecule is CC(CCNC(=O)c1cc(S(=O)(=O)N2CCCC2)ccc1Cl)c1ccccc1. The lowest BCUT2D eigenvalue weighted by Gasteiger charge is -2.17. The molecule has 1 N–H and O–H groups in total. The van der Waals surface area contributed by atoms with Gasteiger partial charge in [0.1, 0.15) is 0 Å². The van der Waals surface area contributed by atoms with E-state index in [0.717, 1.165) is 19.3 Å². The van der Waals surface area contributed by atoms with Gasteiger partial charge < -0.3 is 5.32 Å². The molecule has 1 saturated heterocycles. The fourth-order valence-corrected chi connectivity index (χ4v) is 5.11. The Morgan fingerprint density at radius 3 is 2.50 bits per heavy atom. The number of amides is 1. The van der Waals surface area contributed by atoms with Crippen LogP contribution in [0.1, 0.15) is 48.0 Å². The number of hydrogen-bond donors (Lipinski definition) is 1. The van der Waals surface area contributed by atoms with Crippen molar-refractivity contribution in [3.63, 3.8) is 0 Å². The second-order valence-corrected chi connectivity index (χ2v) is 9.45. The predicted octanol–water partition coefficient (Wildman–Crippen LogP) is 4.05. The number of sulfonamides is 1. The summed E-state index contributed by atoms with van der Waals surface area (Å²) in [7, 11) is -3.59. The first kappa shape index (κ1) is 20.8. The van der Waals surface area contributed by atoms with Crippen molar-refractivity contribution in [1.82, 2.24) is 9.62 Å². The third-order valence-electron chi connectivity index (χ3n) is 5.12. The first-order valence-corrected chi connectivity index (χ1v) is 11.3. The maximum atomic E-state index is 12.7. The van der Waals surface area contributed by atoms with Gasteiger partial charge in [-0.15, -0.1) is 0 Å².